The van der Waals surface area contributed by atoms with Crippen LogP contribution in [0.1, 0.15) is 12.8 Å². The van der Waals surface area contributed by atoms with Crippen molar-refractivity contribution in [1.29, 1.82) is 0 Å². The molecule has 98 valence electrons. The van der Waals surface area contributed by atoms with E-state index in [0.717, 1.165) is 31.6 Å². The SMILES string of the molecule is O=C(Nc1ccccc1)N1CCC2CC=CC=C2C1. The first kappa shape index (κ1) is 12.0. The molecule has 3 nitrogen and oxygen atoms in total. The third kappa shape index (κ3) is 2.70. The molecule has 1 aromatic rings. The lowest BCUT2D eigenvalue weighted by Crippen LogP contribution is -2.42. The topological polar surface area (TPSA) is 32.3 Å². The number of rotatable bonds is 1. The molecule has 0 radical (unpaired) electrons. The zero-order valence-electron chi connectivity index (χ0n) is 10.9. The molecule has 2 aliphatic rings. The third-order valence-electron chi connectivity index (χ3n) is 3.82. The molecule has 1 heterocycles. The summed E-state index contributed by atoms with van der Waals surface area (Å²) < 4.78 is 0. The number of benzene rings is 1. The molecule has 3 rings (SSSR count). The van der Waals surface area contributed by atoms with E-state index in [0.29, 0.717) is 5.92 Å². The van der Waals surface area contributed by atoms with Crippen LogP contribution in [0.3, 0.4) is 0 Å². The van der Waals surface area contributed by atoms with Crippen LogP contribution in [-0.2, 0) is 0 Å². The highest BCUT2D eigenvalue weighted by atomic mass is 16.2. The van der Waals surface area contributed by atoms with E-state index in [4.69, 9.17) is 0 Å². The molecule has 0 saturated carbocycles. The maximum absolute atomic E-state index is 12.2. The number of amides is 2. The second-order valence-corrected chi connectivity index (χ2v) is 5.11. The fourth-order valence-electron chi connectivity index (χ4n) is 2.72. The first-order valence-electron chi connectivity index (χ1n) is 6.79. The number of fused-ring (bicyclic) bond motifs is 1. The normalized spacial score (nSPS) is 21.6. The van der Waals surface area contributed by atoms with Crippen molar-refractivity contribution in [2.75, 3.05) is 18.4 Å². The maximum atomic E-state index is 12.2. The predicted molar refractivity (Wildman–Crippen MR) is 77.0 cm³/mol. The van der Waals surface area contributed by atoms with Gasteiger partial charge in [0, 0.05) is 18.8 Å². The highest BCUT2D eigenvalue weighted by Gasteiger charge is 2.26. The van der Waals surface area contributed by atoms with E-state index in [1.165, 1.54) is 5.57 Å². The number of nitrogens with one attached hydrogen (secondary N) is 1. The number of anilines is 1. The second kappa shape index (κ2) is 5.31. The van der Waals surface area contributed by atoms with Gasteiger partial charge in [-0.25, -0.2) is 4.79 Å². The number of piperidine rings is 1. The molecule has 0 bridgehead atoms. The molecular formula is C16H18N2O. The van der Waals surface area contributed by atoms with Crippen LogP contribution in [0.4, 0.5) is 10.5 Å². The summed E-state index contributed by atoms with van der Waals surface area (Å²) in [6.07, 6.45) is 8.67. The van der Waals surface area contributed by atoms with Crippen molar-refractivity contribution in [1.82, 2.24) is 4.90 Å². The number of allylic oxidation sites excluding steroid dienone is 3. The molecule has 1 fully saturated rings. The molecule has 1 N–H and O–H groups in total. The van der Waals surface area contributed by atoms with Crippen LogP contribution < -0.4 is 5.32 Å². The van der Waals surface area contributed by atoms with E-state index in [2.05, 4.69) is 23.5 Å². The Morgan fingerprint density at radius 3 is 2.95 bits per heavy atom. The van der Waals surface area contributed by atoms with Gasteiger partial charge in [-0.3, -0.25) is 0 Å². The van der Waals surface area contributed by atoms with Crippen molar-refractivity contribution in [3.8, 4) is 0 Å². The van der Waals surface area contributed by atoms with Crippen LogP contribution >= 0.6 is 0 Å². The predicted octanol–water partition coefficient (Wildman–Crippen LogP) is 3.43. The molecular weight excluding hydrogens is 236 g/mol. The lowest BCUT2D eigenvalue weighted by molar-refractivity contribution is 0.202. The molecule has 3 heteroatoms. The van der Waals surface area contributed by atoms with Gasteiger partial charge in [-0.1, -0.05) is 36.4 Å². The van der Waals surface area contributed by atoms with Crippen LogP contribution in [-0.4, -0.2) is 24.0 Å². The van der Waals surface area contributed by atoms with Crippen molar-refractivity contribution >= 4 is 11.7 Å². The molecule has 1 unspecified atom stereocenters. The monoisotopic (exact) mass is 254 g/mol. The summed E-state index contributed by atoms with van der Waals surface area (Å²) in [4.78, 5) is 14.1. The minimum atomic E-state index is 0.0000954. The summed E-state index contributed by atoms with van der Waals surface area (Å²) >= 11 is 0. The molecule has 1 aliphatic carbocycles. The zero-order chi connectivity index (χ0) is 13.1. The highest BCUT2D eigenvalue weighted by Crippen LogP contribution is 2.29. The van der Waals surface area contributed by atoms with Gasteiger partial charge in [-0.15, -0.1) is 0 Å². The quantitative estimate of drug-likeness (QED) is 0.818. The van der Waals surface area contributed by atoms with Crippen LogP contribution in [0, 0.1) is 5.92 Å². The van der Waals surface area contributed by atoms with Gasteiger partial charge >= 0.3 is 6.03 Å². The minimum Gasteiger partial charge on any atom is -0.320 e. The number of hydrogen-bond donors (Lipinski definition) is 1. The molecule has 1 aliphatic heterocycles. The van der Waals surface area contributed by atoms with E-state index in [-0.39, 0.29) is 6.03 Å². The fourth-order valence-corrected chi connectivity index (χ4v) is 2.72. The molecule has 1 saturated heterocycles. The number of para-hydroxylation sites is 1. The lowest BCUT2D eigenvalue weighted by Gasteiger charge is -2.35. The van der Waals surface area contributed by atoms with Gasteiger partial charge in [-0.2, -0.15) is 0 Å². The van der Waals surface area contributed by atoms with Crippen molar-refractivity contribution in [2.24, 2.45) is 5.92 Å². The van der Waals surface area contributed by atoms with Crippen LogP contribution in [0.2, 0.25) is 0 Å². The van der Waals surface area contributed by atoms with Gasteiger partial charge in [0.1, 0.15) is 0 Å². The van der Waals surface area contributed by atoms with Gasteiger partial charge in [-0.05, 0) is 36.5 Å². The molecule has 2 amide bonds. The first-order valence-corrected chi connectivity index (χ1v) is 6.79. The first-order chi connectivity index (χ1) is 9.33. The zero-order valence-corrected chi connectivity index (χ0v) is 10.9. The Morgan fingerprint density at radius 1 is 1.26 bits per heavy atom. The Labute approximate surface area is 113 Å². The summed E-state index contributed by atoms with van der Waals surface area (Å²) in [6.45, 7) is 1.60. The summed E-state index contributed by atoms with van der Waals surface area (Å²) in [5.41, 5.74) is 2.24. The smallest absolute Gasteiger partial charge is 0.320 e. The summed E-state index contributed by atoms with van der Waals surface area (Å²) in [5.74, 6) is 0.644. The van der Waals surface area contributed by atoms with Crippen molar-refractivity contribution in [3.63, 3.8) is 0 Å². The second-order valence-electron chi connectivity index (χ2n) is 5.11. The van der Waals surface area contributed by atoms with Crippen LogP contribution in [0.25, 0.3) is 0 Å². The Morgan fingerprint density at radius 2 is 2.11 bits per heavy atom. The summed E-state index contributed by atoms with van der Waals surface area (Å²) in [5, 5.41) is 2.95. The molecule has 0 spiro atoms. The Balaban J connectivity index is 1.65. The van der Waals surface area contributed by atoms with Gasteiger partial charge in [0.15, 0.2) is 0 Å². The summed E-state index contributed by atoms with van der Waals surface area (Å²) in [6, 6.07) is 9.62. The van der Waals surface area contributed by atoms with E-state index < -0.39 is 0 Å². The average Bonchev–Trinajstić information content (AvgIpc) is 2.48. The number of likely N-dealkylation sites (tertiary alicyclic amines) is 1. The number of carbonyl (C=O) groups is 1. The van der Waals surface area contributed by atoms with Crippen LogP contribution in [0.5, 0.6) is 0 Å². The van der Waals surface area contributed by atoms with E-state index >= 15 is 0 Å². The minimum absolute atomic E-state index is 0.0000954. The van der Waals surface area contributed by atoms with Gasteiger partial charge in [0.2, 0.25) is 0 Å². The fraction of sp³-hybridized carbons (Fsp3) is 0.312. The largest absolute Gasteiger partial charge is 0.322 e. The molecule has 19 heavy (non-hydrogen) atoms. The summed E-state index contributed by atoms with van der Waals surface area (Å²) in [7, 11) is 0. The van der Waals surface area contributed by atoms with E-state index in [1.54, 1.807) is 0 Å². The Bertz CT molecular complexity index is 519. The standard InChI is InChI=1S/C16H18N2O/c19-16(17-15-8-2-1-3-9-15)18-11-10-13-6-4-5-7-14(13)12-18/h1-5,7-9,13H,6,10-12H2,(H,17,19). The van der Waals surface area contributed by atoms with Gasteiger partial charge in [0.25, 0.3) is 0 Å². The Hall–Kier alpha value is -2.03. The van der Waals surface area contributed by atoms with Crippen molar-refractivity contribution < 1.29 is 4.79 Å². The highest BCUT2D eigenvalue weighted by molar-refractivity contribution is 5.89. The number of nitrogens with zero attached hydrogens (tertiary/aromatic N) is 1. The van der Waals surface area contributed by atoms with Crippen molar-refractivity contribution in [3.05, 3.63) is 54.1 Å². The van der Waals surface area contributed by atoms with E-state index in [9.17, 15) is 4.79 Å². The van der Waals surface area contributed by atoms with Crippen LogP contribution in [0.15, 0.2) is 54.1 Å². The lowest BCUT2D eigenvalue weighted by atomic mass is 9.85. The molecule has 0 aromatic heterocycles. The van der Waals surface area contributed by atoms with Gasteiger partial charge < -0.3 is 10.2 Å². The maximum Gasteiger partial charge on any atom is 0.322 e. The average molecular weight is 254 g/mol. The van der Waals surface area contributed by atoms with Gasteiger partial charge in [0.05, 0.1) is 0 Å². The Kier molecular flexibility index (Phi) is 3.36. The number of carbonyl (C=O) groups excluding carboxylic acids is 1. The third-order valence-corrected chi connectivity index (χ3v) is 3.82. The molecule has 1 atom stereocenters. The van der Waals surface area contributed by atoms with Crippen molar-refractivity contribution in [2.45, 2.75) is 12.8 Å². The molecule has 1 aromatic carbocycles. The number of urea groups is 1. The number of hydrogen-bond acceptors (Lipinski definition) is 1. The van der Waals surface area contributed by atoms with E-state index in [1.807, 2.05) is 35.2 Å².